The maximum atomic E-state index is 3.83. The normalized spacial score (nSPS) is 26.4. The fourth-order valence-electron chi connectivity index (χ4n) is 1.84. The van der Waals surface area contributed by atoms with Crippen LogP contribution >= 0.6 is 0 Å². The lowest BCUT2D eigenvalue weighted by Gasteiger charge is -2.28. The SMILES string of the molecule is C=CCC1C=C(C=C)CC(CC=C)N1. The van der Waals surface area contributed by atoms with Gasteiger partial charge >= 0.3 is 0 Å². The molecular weight excluding hydrogens is 170 g/mol. The van der Waals surface area contributed by atoms with Gasteiger partial charge in [-0.05, 0) is 24.8 Å². The van der Waals surface area contributed by atoms with Crippen molar-refractivity contribution in [1.82, 2.24) is 5.32 Å². The largest absolute Gasteiger partial charge is 0.307 e. The summed E-state index contributed by atoms with van der Waals surface area (Å²) in [4.78, 5) is 0. The molecule has 2 unspecified atom stereocenters. The van der Waals surface area contributed by atoms with Crippen molar-refractivity contribution < 1.29 is 0 Å². The zero-order valence-electron chi connectivity index (χ0n) is 8.71. The third-order valence-corrected chi connectivity index (χ3v) is 2.48. The van der Waals surface area contributed by atoms with Crippen LogP contribution in [0, 0.1) is 0 Å². The Labute approximate surface area is 86.9 Å². The second kappa shape index (κ2) is 5.61. The number of hydrogen-bond donors (Lipinski definition) is 1. The molecule has 0 saturated carbocycles. The Kier molecular flexibility index (Phi) is 4.41. The molecule has 1 nitrogen and oxygen atoms in total. The van der Waals surface area contributed by atoms with Crippen molar-refractivity contribution in [1.29, 1.82) is 0 Å². The van der Waals surface area contributed by atoms with Crippen LogP contribution in [0.15, 0.2) is 49.6 Å². The van der Waals surface area contributed by atoms with Gasteiger partial charge in [0.2, 0.25) is 0 Å². The van der Waals surface area contributed by atoms with Crippen molar-refractivity contribution in [2.75, 3.05) is 0 Å². The van der Waals surface area contributed by atoms with Crippen molar-refractivity contribution >= 4 is 0 Å². The Morgan fingerprint density at radius 2 is 2.00 bits per heavy atom. The average Bonchev–Trinajstić information content (AvgIpc) is 2.18. The molecule has 1 N–H and O–H groups in total. The number of allylic oxidation sites excluding steroid dienone is 1. The van der Waals surface area contributed by atoms with E-state index in [0.29, 0.717) is 12.1 Å². The lowest BCUT2D eigenvalue weighted by Crippen LogP contribution is -2.40. The van der Waals surface area contributed by atoms with Gasteiger partial charge in [-0.15, -0.1) is 13.2 Å². The fraction of sp³-hybridized carbons (Fsp3) is 0.385. The van der Waals surface area contributed by atoms with Crippen LogP contribution in [0.5, 0.6) is 0 Å². The predicted octanol–water partition coefficient (Wildman–Crippen LogP) is 2.98. The van der Waals surface area contributed by atoms with E-state index in [-0.39, 0.29) is 0 Å². The smallest absolute Gasteiger partial charge is 0.0292 e. The highest BCUT2D eigenvalue weighted by molar-refractivity contribution is 5.23. The van der Waals surface area contributed by atoms with Crippen LogP contribution in [-0.4, -0.2) is 12.1 Å². The zero-order chi connectivity index (χ0) is 10.4. The molecule has 0 saturated heterocycles. The molecular formula is C13H19N. The molecule has 1 heterocycles. The van der Waals surface area contributed by atoms with Crippen molar-refractivity contribution in [3.8, 4) is 0 Å². The van der Waals surface area contributed by atoms with Gasteiger partial charge in [-0.2, -0.15) is 0 Å². The molecule has 1 heteroatoms. The minimum atomic E-state index is 0.416. The summed E-state index contributed by atoms with van der Waals surface area (Å²) in [7, 11) is 0. The summed E-state index contributed by atoms with van der Waals surface area (Å²) in [6.45, 7) is 11.4. The average molecular weight is 189 g/mol. The first-order chi connectivity index (χ1) is 6.80. The molecule has 0 fully saturated rings. The second-order valence-corrected chi connectivity index (χ2v) is 3.67. The zero-order valence-corrected chi connectivity index (χ0v) is 8.71. The van der Waals surface area contributed by atoms with Crippen LogP contribution in [0.3, 0.4) is 0 Å². The Morgan fingerprint density at radius 3 is 2.57 bits per heavy atom. The van der Waals surface area contributed by atoms with E-state index >= 15 is 0 Å². The van der Waals surface area contributed by atoms with Crippen LogP contribution in [0.2, 0.25) is 0 Å². The molecule has 0 aromatic rings. The van der Waals surface area contributed by atoms with Gasteiger partial charge in [0.1, 0.15) is 0 Å². The van der Waals surface area contributed by atoms with Gasteiger partial charge in [0.25, 0.3) is 0 Å². The van der Waals surface area contributed by atoms with Crippen molar-refractivity contribution in [3.05, 3.63) is 49.6 Å². The van der Waals surface area contributed by atoms with Crippen LogP contribution in [-0.2, 0) is 0 Å². The predicted molar refractivity (Wildman–Crippen MR) is 63.2 cm³/mol. The van der Waals surface area contributed by atoms with Crippen LogP contribution < -0.4 is 5.32 Å². The lowest BCUT2D eigenvalue weighted by atomic mass is 9.94. The quantitative estimate of drug-likeness (QED) is 0.656. The lowest BCUT2D eigenvalue weighted by molar-refractivity contribution is 0.448. The molecule has 0 aliphatic carbocycles. The summed E-state index contributed by atoms with van der Waals surface area (Å²) in [5, 5.41) is 3.55. The molecule has 76 valence electrons. The molecule has 1 aliphatic rings. The Balaban J connectivity index is 2.64. The second-order valence-electron chi connectivity index (χ2n) is 3.67. The molecule has 0 radical (unpaired) electrons. The molecule has 0 aromatic heterocycles. The molecule has 2 atom stereocenters. The van der Waals surface area contributed by atoms with Gasteiger partial charge in [-0.1, -0.05) is 30.9 Å². The number of rotatable bonds is 5. The van der Waals surface area contributed by atoms with Crippen molar-refractivity contribution in [2.24, 2.45) is 0 Å². The third-order valence-electron chi connectivity index (χ3n) is 2.48. The van der Waals surface area contributed by atoms with E-state index in [2.05, 4.69) is 31.1 Å². The van der Waals surface area contributed by atoms with E-state index in [1.54, 1.807) is 0 Å². The summed E-state index contributed by atoms with van der Waals surface area (Å²) in [6.07, 6.45) is 11.2. The summed E-state index contributed by atoms with van der Waals surface area (Å²) in [5.74, 6) is 0. The van der Waals surface area contributed by atoms with Crippen LogP contribution in [0.1, 0.15) is 19.3 Å². The molecule has 0 spiro atoms. The first-order valence-corrected chi connectivity index (χ1v) is 5.11. The Hall–Kier alpha value is -1.08. The Morgan fingerprint density at radius 1 is 1.29 bits per heavy atom. The molecule has 0 bridgehead atoms. The van der Waals surface area contributed by atoms with Crippen LogP contribution in [0.25, 0.3) is 0 Å². The van der Waals surface area contributed by atoms with E-state index in [0.717, 1.165) is 19.3 Å². The first-order valence-electron chi connectivity index (χ1n) is 5.11. The van der Waals surface area contributed by atoms with Crippen molar-refractivity contribution in [3.63, 3.8) is 0 Å². The fourth-order valence-corrected chi connectivity index (χ4v) is 1.84. The van der Waals surface area contributed by atoms with Gasteiger partial charge in [0.15, 0.2) is 0 Å². The molecule has 0 amide bonds. The van der Waals surface area contributed by atoms with Gasteiger partial charge < -0.3 is 5.32 Å². The third kappa shape index (κ3) is 3.00. The molecule has 1 aliphatic heterocycles. The van der Waals surface area contributed by atoms with E-state index in [9.17, 15) is 0 Å². The summed E-state index contributed by atoms with van der Waals surface area (Å²) < 4.78 is 0. The number of hydrogen-bond acceptors (Lipinski definition) is 1. The molecule has 1 rings (SSSR count). The minimum absolute atomic E-state index is 0.416. The minimum Gasteiger partial charge on any atom is -0.307 e. The van der Waals surface area contributed by atoms with Gasteiger partial charge in [-0.3, -0.25) is 0 Å². The van der Waals surface area contributed by atoms with Gasteiger partial charge in [-0.25, -0.2) is 0 Å². The maximum absolute atomic E-state index is 3.83. The van der Waals surface area contributed by atoms with Gasteiger partial charge in [0.05, 0.1) is 0 Å². The maximum Gasteiger partial charge on any atom is 0.0292 e. The summed E-state index contributed by atoms with van der Waals surface area (Å²) >= 11 is 0. The van der Waals surface area contributed by atoms with Crippen LogP contribution in [0.4, 0.5) is 0 Å². The van der Waals surface area contributed by atoms with E-state index < -0.39 is 0 Å². The first kappa shape index (κ1) is 11.0. The highest BCUT2D eigenvalue weighted by atomic mass is 15.0. The highest BCUT2D eigenvalue weighted by Crippen LogP contribution is 2.18. The van der Waals surface area contributed by atoms with Gasteiger partial charge in [0, 0.05) is 12.1 Å². The topological polar surface area (TPSA) is 12.0 Å². The van der Waals surface area contributed by atoms with Crippen molar-refractivity contribution in [2.45, 2.75) is 31.3 Å². The standard InChI is InChI=1S/C13H19N/c1-4-7-12-9-11(6-3)10-13(14-12)8-5-2/h4-6,9,12-14H,1-3,7-8,10H2. The molecule has 0 aromatic carbocycles. The monoisotopic (exact) mass is 189 g/mol. The van der Waals surface area contributed by atoms with E-state index in [1.165, 1.54) is 5.57 Å². The summed E-state index contributed by atoms with van der Waals surface area (Å²) in [6, 6.07) is 0.926. The molecule has 14 heavy (non-hydrogen) atoms. The number of nitrogens with one attached hydrogen (secondary N) is 1. The Bertz CT molecular complexity index is 250. The van der Waals surface area contributed by atoms with E-state index in [4.69, 9.17) is 0 Å². The summed E-state index contributed by atoms with van der Waals surface area (Å²) in [5.41, 5.74) is 1.34. The van der Waals surface area contributed by atoms with E-state index in [1.807, 2.05) is 18.2 Å². The highest BCUT2D eigenvalue weighted by Gasteiger charge is 2.17.